The highest BCUT2D eigenvalue weighted by atomic mass is 16.6. The van der Waals surface area contributed by atoms with Gasteiger partial charge in [0.05, 0.1) is 0 Å². The van der Waals surface area contributed by atoms with Crippen LogP contribution < -0.4 is 10.1 Å². The first-order chi connectivity index (χ1) is 8.37. The van der Waals surface area contributed by atoms with Crippen LogP contribution in [0, 0.1) is 0 Å². The maximum absolute atomic E-state index is 11.4. The van der Waals surface area contributed by atoms with Crippen LogP contribution in [0.1, 0.15) is 20.8 Å². The second-order valence-corrected chi connectivity index (χ2v) is 4.64. The van der Waals surface area contributed by atoms with E-state index in [1.54, 1.807) is 45.0 Å². The van der Waals surface area contributed by atoms with Gasteiger partial charge in [0.1, 0.15) is 17.9 Å². The van der Waals surface area contributed by atoms with Crippen molar-refractivity contribution in [3.05, 3.63) is 30.3 Å². The van der Waals surface area contributed by atoms with Crippen LogP contribution in [0.25, 0.3) is 0 Å². The third kappa shape index (κ3) is 5.89. The van der Waals surface area contributed by atoms with Gasteiger partial charge in [-0.2, -0.15) is 0 Å². The molecular formula is C13H17NO4. The van der Waals surface area contributed by atoms with Gasteiger partial charge in [0.15, 0.2) is 0 Å². The minimum absolute atomic E-state index is 0.232. The number of hydrogen-bond acceptors (Lipinski definition) is 4. The lowest BCUT2D eigenvalue weighted by Gasteiger charge is -2.19. The molecule has 1 amide bonds. The summed E-state index contributed by atoms with van der Waals surface area (Å²) in [5.74, 6) is -0.111. The number of nitrogens with one attached hydrogen (secondary N) is 1. The Labute approximate surface area is 106 Å². The van der Waals surface area contributed by atoms with Gasteiger partial charge in [-0.05, 0) is 32.9 Å². The average molecular weight is 251 g/mol. The number of carbonyl (C=O) groups is 2. The van der Waals surface area contributed by atoms with Gasteiger partial charge in [-0.25, -0.2) is 9.59 Å². The van der Waals surface area contributed by atoms with Crippen molar-refractivity contribution in [2.24, 2.45) is 0 Å². The van der Waals surface area contributed by atoms with Crippen molar-refractivity contribution in [2.75, 3.05) is 6.54 Å². The fourth-order valence-corrected chi connectivity index (χ4v) is 1.11. The Hall–Kier alpha value is -2.04. The van der Waals surface area contributed by atoms with Gasteiger partial charge >= 0.3 is 12.1 Å². The zero-order valence-electron chi connectivity index (χ0n) is 10.7. The number of esters is 1. The van der Waals surface area contributed by atoms with Gasteiger partial charge in [0.2, 0.25) is 0 Å². The van der Waals surface area contributed by atoms with Crippen molar-refractivity contribution in [1.82, 2.24) is 5.32 Å². The van der Waals surface area contributed by atoms with Crippen LogP contribution >= 0.6 is 0 Å². The molecule has 0 fully saturated rings. The highest BCUT2D eigenvalue weighted by Crippen LogP contribution is 2.08. The van der Waals surface area contributed by atoms with E-state index in [1.807, 2.05) is 6.07 Å². The predicted octanol–water partition coefficient (Wildman–Crippen LogP) is 2.12. The lowest BCUT2D eigenvalue weighted by Crippen LogP contribution is -2.36. The van der Waals surface area contributed by atoms with Crippen molar-refractivity contribution in [1.29, 1.82) is 0 Å². The van der Waals surface area contributed by atoms with E-state index in [4.69, 9.17) is 9.47 Å². The zero-order chi connectivity index (χ0) is 13.6. The number of amides is 1. The van der Waals surface area contributed by atoms with E-state index in [1.165, 1.54) is 0 Å². The van der Waals surface area contributed by atoms with Crippen LogP contribution in [0.4, 0.5) is 4.79 Å². The van der Waals surface area contributed by atoms with Crippen LogP contribution in [-0.2, 0) is 9.53 Å². The van der Waals surface area contributed by atoms with E-state index in [0.29, 0.717) is 5.75 Å². The van der Waals surface area contributed by atoms with Crippen LogP contribution in [0.2, 0.25) is 0 Å². The van der Waals surface area contributed by atoms with E-state index in [0.717, 1.165) is 0 Å². The fourth-order valence-electron chi connectivity index (χ4n) is 1.11. The molecule has 18 heavy (non-hydrogen) atoms. The molecule has 0 bridgehead atoms. The molecule has 1 aromatic rings. The first-order valence-electron chi connectivity index (χ1n) is 5.59. The van der Waals surface area contributed by atoms with E-state index < -0.39 is 17.7 Å². The normalized spacial score (nSPS) is 10.6. The molecule has 0 aliphatic rings. The van der Waals surface area contributed by atoms with E-state index in [-0.39, 0.29) is 6.54 Å². The summed E-state index contributed by atoms with van der Waals surface area (Å²) in [4.78, 5) is 22.7. The first-order valence-corrected chi connectivity index (χ1v) is 5.59. The summed E-state index contributed by atoms with van der Waals surface area (Å²) in [6, 6.07) is 8.64. The minimum atomic E-state index is -0.646. The summed E-state index contributed by atoms with van der Waals surface area (Å²) < 4.78 is 9.97. The molecule has 0 unspecified atom stereocenters. The maximum atomic E-state index is 11.4. The van der Waals surface area contributed by atoms with Crippen molar-refractivity contribution < 1.29 is 19.1 Å². The first kappa shape index (κ1) is 14.0. The Morgan fingerprint density at radius 1 is 1.17 bits per heavy atom. The SMILES string of the molecule is CC(C)(C)OC(=O)NCC(=O)Oc1ccccc1. The standard InChI is InChI=1S/C13H17NO4/c1-13(2,3)18-12(16)14-9-11(15)17-10-7-5-4-6-8-10/h4-8H,9H2,1-3H3,(H,14,16). The Morgan fingerprint density at radius 2 is 1.78 bits per heavy atom. The lowest BCUT2D eigenvalue weighted by atomic mass is 10.2. The number of para-hydroxylation sites is 1. The topological polar surface area (TPSA) is 64.6 Å². The summed E-state index contributed by atoms with van der Waals surface area (Å²) in [6.45, 7) is 5.00. The quantitative estimate of drug-likeness (QED) is 0.660. The van der Waals surface area contributed by atoms with Crippen LogP contribution in [0.5, 0.6) is 5.75 Å². The van der Waals surface area contributed by atoms with Crippen molar-refractivity contribution in [3.8, 4) is 5.75 Å². The minimum Gasteiger partial charge on any atom is -0.444 e. The molecule has 0 radical (unpaired) electrons. The third-order valence-corrected chi connectivity index (χ3v) is 1.75. The predicted molar refractivity (Wildman–Crippen MR) is 66.3 cm³/mol. The molecule has 0 heterocycles. The highest BCUT2D eigenvalue weighted by Gasteiger charge is 2.16. The maximum Gasteiger partial charge on any atom is 0.408 e. The molecule has 5 nitrogen and oxygen atoms in total. The Morgan fingerprint density at radius 3 is 2.33 bits per heavy atom. The molecule has 0 saturated heterocycles. The van der Waals surface area contributed by atoms with Crippen molar-refractivity contribution >= 4 is 12.1 Å². The fraction of sp³-hybridized carbons (Fsp3) is 0.385. The summed E-state index contributed by atoms with van der Waals surface area (Å²) in [7, 11) is 0. The smallest absolute Gasteiger partial charge is 0.408 e. The number of alkyl carbamates (subject to hydrolysis) is 1. The van der Waals surface area contributed by atoms with Gasteiger partial charge in [-0.1, -0.05) is 18.2 Å². The van der Waals surface area contributed by atoms with Gasteiger partial charge in [0, 0.05) is 0 Å². The van der Waals surface area contributed by atoms with Gasteiger partial charge in [-0.3, -0.25) is 0 Å². The Balaban J connectivity index is 2.32. The monoisotopic (exact) mass is 251 g/mol. The number of benzene rings is 1. The van der Waals surface area contributed by atoms with E-state index in [2.05, 4.69) is 5.32 Å². The molecule has 0 atom stereocenters. The summed E-state index contributed by atoms with van der Waals surface area (Å²) in [5, 5.41) is 2.32. The largest absolute Gasteiger partial charge is 0.444 e. The van der Waals surface area contributed by atoms with Crippen molar-refractivity contribution in [3.63, 3.8) is 0 Å². The van der Waals surface area contributed by atoms with Crippen LogP contribution in [-0.4, -0.2) is 24.2 Å². The molecule has 1 N–H and O–H groups in total. The number of ether oxygens (including phenoxy) is 2. The summed E-state index contributed by atoms with van der Waals surface area (Å²) in [5.41, 5.74) is -0.590. The second-order valence-electron chi connectivity index (χ2n) is 4.64. The molecule has 1 aromatic carbocycles. The molecule has 0 spiro atoms. The van der Waals surface area contributed by atoms with Crippen molar-refractivity contribution in [2.45, 2.75) is 26.4 Å². The average Bonchev–Trinajstić information content (AvgIpc) is 2.25. The zero-order valence-corrected chi connectivity index (χ0v) is 10.7. The third-order valence-electron chi connectivity index (χ3n) is 1.75. The molecule has 0 aromatic heterocycles. The molecule has 5 heteroatoms. The summed E-state index contributed by atoms with van der Waals surface area (Å²) >= 11 is 0. The Bertz CT molecular complexity index is 409. The lowest BCUT2D eigenvalue weighted by molar-refractivity contribution is -0.133. The van der Waals surface area contributed by atoms with E-state index >= 15 is 0 Å². The number of carbonyl (C=O) groups excluding carboxylic acids is 2. The molecule has 0 aliphatic carbocycles. The molecule has 1 rings (SSSR count). The van der Waals surface area contributed by atoms with Crippen LogP contribution in [0.15, 0.2) is 30.3 Å². The molecule has 0 aliphatic heterocycles. The van der Waals surface area contributed by atoms with Crippen LogP contribution in [0.3, 0.4) is 0 Å². The van der Waals surface area contributed by atoms with Gasteiger partial charge in [0.25, 0.3) is 0 Å². The second kappa shape index (κ2) is 6.05. The Kier molecular flexibility index (Phi) is 4.71. The molecule has 0 saturated carbocycles. The summed E-state index contributed by atoms with van der Waals surface area (Å²) in [6.07, 6.45) is -0.646. The van der Waals surface area contributed by atoms with Gasteiger partial charge < -0.3 is 14.8 Å². The number of rotatable bonds is 3. The van der Waals surface area contributed by atoms with E-state index in [9.17, 15) is 9.59 Å². The van der Waals surface area contributed by atoms with Gasteiger partial charge in [-0.15, -0.1) is 0 Å². The number of hydrogen-bond donors (Lipinski definition) is 1. The molecular weight excluding hydrogens is 234 g/mol. The molecule has 98 valence electrons. The highest BCUT2D eigenvalue weighted by molar-refractivity contribution is 5.79.